The Morgan fingerprint density at radius 3 is 2.37 bits per heavy atom. The van der Waals surface area contributed by atoms with Crippen molar-refractivity contribution in [3.63, 3.8) is 0 Å². The second kappa shape index (κ2) is 6.09. The van der Waals surface area contributed by atoms with Crippen molar-refractivity contribution in [1.82, 2.24) is 4.90 Å². The average Bonchev–Trinajstić information content (AvgIpc) is 2.46. The molecule has 19 heavy (non-hydrogen) atoms. The molecule has 1 aliphatic carbocycles. The summed E-state index contributed by atoms with van der Waals surface area (Å²) in [6.07, 6.45) is 5.69. The lowest BCUT2D eigenvalue weighted by atomic mass is 9.88. The number of rotatable bonds is 3. The Kier molecular flexibility index (Phi) is 4.46. The first-order chi connectivity index (χ1) is 9.09. The molecule has 1 N–H and O–H groups in total. The van der Waals surface area contributed by atoms with E-state index in [0.717, 1.165) is 18.4 Å². The third kappa shape index (κ3) is 3.28. The molecule has 104 valence electrons. The minimum absolute atomic E-state index is 0.0510. The molecule has 3 heteroatoms. The molecule has 0 heterocycles. The Bertz CT molecular complexity index is 421. The predicted octanol–water partition coefficient (Wildman–Crippen LogP) is 3.49. The van der Waals surface area contributed by atoms with Crippen molar-refractivity contribution in [3.8, 4) is 5.75 Å². The fraction of sp³-hybridized carbons (Fsp3) is 0.562. The topological polar surface area (TPSA) is 40.5 Å². The Hall–Kier alpha value is -1.51. The third-order valence-electron chi connectivity index (χ3n) is 4.26. The first-order valence-electron chi connectivity index (χ1n) is 7.15. The summed E-state index contributed by atoms with van der Waals surface area (Å²) in [5.74, 6) is 0.732. The molecule has 1 aromatic rings. The average molecular weight is 261 g/mol. The highest BCUT2D eigenvalue weighted by Crippen LogP contribution is 2.28. The van der Waals surface area contributed by atoms with Crippen LogP contribution in [0.1, 0.15) is 50.6 Å². The van der Waals surface area contributed by atoms with Crippen LogP contribution in [-0.2, 0) is 4.79 Å². The van der Waals surface area contributed by atoms with Crippen molar-refractivity contribution in [2.75, 3.05) is 7.05 Å². The van der Waals surface area contributed by atoms with Gasteiger partial charge in [-0.05, 0) is 37.5 Å². The van der Waals surface area contributed by atoms with Gasteiger partial charge in [-0.2, -0.15) is 0 Å². The number of carbonyl (C=O) groups excluding carboxylic acids is 1. The molecule has 0 aliphatic heterocycles. The molecule has 1 amide bonds. The van der Waals surface area contributed by atoms with Gasteiger partial charge in [0, 0.05) is 13.0 Å². The lowest BCUT2D eigenvalue weighted by Crippen LogP contribution is -2.35. The Balaban J connectivity index is 2.03. The summed E-state index contributed by atoms with van der Waals surface area (Å²) < 4.78 is 0. The SMILES string of the molecule is CC(c1ccc(O)cc1)N(C)C(=O)C1CCCCC1. The first-order valence-corrected chi connectivity index (χ1v) is 7.15. The van der Waals surface area contributed by atoms with Crippen LogP contribution in [0.25, 0.3) is 0 Å². The van der Waals surface area contributed by atoms with Gasteiger partial charge in [0.05, 0.1) is 6.04 Å². The predicted molar refractivity (Wildman–Crippen MR) is 75.9 cm³/mol. The molecular weight excluding hydrogens is 238 g/mol. The Morgan fingerprint density at radius 1 is 1.21 bits per heavy atom. The number of amides is 1. The van der Waals surface area contributed by atoms with Gasteiger partial charge in [0.1, 0.15) is 5.75 Å². The molecule has 0 bridgehead atoms. The number of hydrogen-bond acceptors (Lipinski definition) is 2. The van der Waals surface area contributed by atoms with E-state index in [9.17, 15) is 9.90 Å². The van der Waals surface area contributed by atoms with Crippen LogP contribution in [0.15, 0.2) is 24.3 Å². The zero-order valence-electron chi connectivity index (χ0n) is 11.8. The Labute approximate surface area is 115 Å². The molecule has 1 aliphatic rings. The molecule has 0 radical (unpaired) electrons. The molecule has 1 saturated carbocycles. The minimum Gasteiger partial charge on any atom is -0.508 e. The maximum atomic E-state index is 12.5. The van der Waals surface area contributed by atoms with E-state index >= 15 is 0 Å². The lowest BCUT2D eigenvalue weighted by molar-refractivity contribution is -0.137. The van der Waals surface area contributed by atoms with Crippen molar-refractivity contribution in [2.45, 2.75) is 45.1 Å². The van der Waals surface area contributed by atoms with Crippen LogP contribution in [0.2, 0.25) is 0 Å². The van der Waals surface area contributed by atoms with E-state index in [-0.39, 0.29) is 23.6 Å². The van der Waals surface area contributed by atoms with Gasteiger partial charge < -0.3 is 10.0 Å². The Morgan fingerprint density at radius 2 is 1.79 bits per heavy atom. The van der Waals surface area contributed by atoms with Crippen molar-refractivity contribution < 1.29 is 9.90 Å². The van der Waals surface area contributed by atoms with E-state index in [2.05, 4.69) is 0 Å². The van der Waals surface area contributed by atoms with Gasteiger partial charge in [-0.3, -0.25) is 4.79 Å². The summed E-state index contributed by atoms with van der Waals surface area (Å²) in [6, 6.07) is 7.15. The van der Waals surface area contributed by atoms with Crippen LogP contribution in [0.3, 0.4) is 0 Å². The van der Waals surface area contributed by atoms with Crippen LogP contribution in [-0.4, -0.2) is 23.0 Å². The highest BCUT2D eigenvalue weighted by atomic mass is 16.3. The van der Waals surface area contributed by atoms with E-state index in [1.807, 2.05) is 31.0 Å². The summed E-state index contributed by atoms with van der Waals surface area (Å²) in [5.41, 5.74) is 1.06. The number of phenols is 1. The monoisotopic (exact) mass is 261 g/mol. The van der Waals surface area contributed by atoms with Crippen LogP contribution in [0, 0.1) is 5.92 Å². The van der Waals surface area contributed by atoms with Gasteiger partial charge >= 0.3 is 0 Å². The molecule has 1 aromatic carbocycles. The first kappa shape index (κ1) is 13.9. The van der Waals surface area contributed by atoms with Crippen molar-refractivity contribution >= 4 is 5.91 Å². The maximum Gasteiger partial charge on any atom is 0.225 e. The minimum atomic E-state index is 0.0510. The fourth-order valence-electron chi connectivity index (χ4n) is 2.80. The zero-order valence-corrected chi connectivity index (χ0v) is 11.8. The molecule has 0 saturated heterocycles. The molecule has 1 atom stereocenters. The van der Waals surface area contributed by atoms with Crippen molar-refractivity contribution in [2.24, 2.45) is 5.92 Å². The largest absolute Gasteiger partial charge is 0.508 e. The number of phenolic OH excluding ortho intramolecular Hbond substituents is 1. The van der Waals surface area contributed by atoms with E-state index < -0.39 is 0 Å². The van der Waals surface area contributed by atoms with Gasteiger partial charge in [0.25, 0.3) is 0 Å². The van der Waals surface area contributed by atoms with Gasteiger partial charge in [-0.1, -0.05) is 31.4 Å². The molecule has 3 nitrogen and oxygen atoms in total. The normalized spacial score (nSPS) is 18.0. The number of hydrogen-bond donors (Lipinski definition) is 1. The second-order valence-electron chi connectivity index (χ2n) is 5.55. The summed E-state index contributed by atoms with van der Waals surface area (Å²) in [5, 5.41) is 9.31. The third-order valence-corrected chi connectivity index (χ3v) is 4.26. The van der Waals surface area contributed by atoms with E-state index in [1.54, 1.807) is 12.1 Å². The van der Waals surface area contributed by atoms with Crippen LogP contribution in [0.5, 0.6) is 5.75 Å². The van der Waals surface area contributed by atoms with Gasteiger partial charge in [-0.15, -0.1) is 0 Å². The molecule has 1 fully saturated rings. The molecule has 2 rings (SSSR count). The summed E-state index contributed by atoms with van der Waals surface area (Å²) >= 11 is 0. The maximum absolute atomic E-state index is 12.5. The number of nitrogens with zero attached hydrogens (tertiary/aromatic N) is 1. The standard InChI is InChI=1S/C16H23NO2/c1-12(13-8-10-15(18)11-9-13)17(2)16(19)14-6-4-3-5-7-14/h8-12,14,18H,3-7H2,1-2H3. The molecular formula is C16H23NO2. The molecule has 0 spiro atoms. The van der Waals surface area contributed by atoms with Gasteiger partial charge in [0.15, 0.2) is 0 Å². The number of benzene rings is 1. The summed E-state index contributed by atoms with van der Waals surface area (Å²) in [4.78, 5) is 14.3. The summed E-state index contributed by atoms with van der Waals surface area (Å²) in [7, 11) is 1.88. The number of aromatic hydroxyl groups is 1. The fourth-order valence-corrected chi connectivity index (χ4v) is 2.80. The molecule has 0 aromatic heterocycles. The lowest BCUT2D eigenvalue weighted by Gasteiger charge is -2.31. The molecule has 1 unspecified atom stereocenters. The van der Waals surface area contributed by atoms with Crippen LogP contribution >= 0.6 is 0 Å². The van der Waals surface area contributed by atoms with Gasteiger partial charge in [-0.25, -0.2) is 0 Å². The van der Waals surface area contributed by atoms with Crippen molar-refractivity contribution in [3.05, 3.63) is 29.8 Å². The van der Waals surface area contributed by atoms with E-state index in [1.165, 1.54) is 19.3 Å². The quantitative estimate of drug-likeness (QED) is 0.904. The van der Waals surface area contributed by atoms with E-state index in [4.69, 9.17) is 0 Å². The van der Waals surface area contributed by atoms with Crippen molar-refractivity contribution in [1.29, 1.82) is 0 Å². The van der Waals surface area contributed by atoms with Crippen LogP contribution < -0.4 is 0 Å². The highest BCUT2D eigenvalue weighted by Gasteiger charge is 2.26. The highest BCUT2D eigenvalue weighted by molar-refractivity contribution is 5.79. The second-order valence-corrected chi connectivity index (χ2v) is 5.55. The number of carbonyl (C=O) groups is 1. The smallest absolute Gasteiger partial charge is 0.225 e. The van der Waals surface area contributed by atoms with Gasteiger partial charge in [0.2, 0.25) is 5.91 Å². The van der Waals surface area contributed by atoms with Crippen LogP contribution in [0.4, 0.5) is 0 Å². The summed E-state index contributed by atoms with van der Waals surface area (Å²) in [6.45, 7) is 2.03. The zero-order chi connectivity index (χ0) is 13.8. The van der Waals surface area contributed by atoms with E-state index in [0.29, 0.717) is 0 Å².